The molecule has 0 saturated carbocycles. The molecule has 1 fully saturated rings. The molecule has 0 bridgehead atoms. The lowest BCUT2D eigenvalue weighted by Crippen LogP contribution is -2.49. The Morgan fingerprint density at radius 3 is 2.68 bits per heavy atom. The van der Waals surface area contributed by atoms with Crippen molar-refractivity contribution < 1.29 is 4.79 Å². The van der Waals surface area contributed by atoms with Crippen molar-refractivity contribution in [3.8, 4) is 0 Å². The molecule has 132 valence electrons. The number of guanidine groups is 1. The van der Waals surface area contributed by atoms with Crippen LogP contribution in [0, 0.1) is 0 Å². The maximum Gasteiger partial charge on any atom is 0.254 e. The van der Waals surface area contributed by atoms with E-state index in [1.807, 2.05) is 43.5 Å². The molecule has 7 heteroatoms. The highest BCUT2D eigenvalue weighted by Crippen LogP contribution is 2.30. The lowest BCUT2D eigenvalue weighted by Gasteiger charge is -2.35. The van der Waals surface area contributed by atoms with Gasteiger partial charge in [-0.15, -0.1) is 0 Å². The third-order valence-electron chi connectivity index (χ3n) is 5.26. The summed E-state index contributed by atoms with van der Waals surface area (Å²) in [6, 6.07) is 8.20. The molecule has 4 rings (SSSR count). The summed E-state index contributed by atoms with van der Waals surface area (Å²) in [5.41, 5.74) is 1.65. The molecule has 0 unspecified atom stereocenters. The molecule has 0 radical (unpaired) electrons. The molecule has 2 aliphatic heterocycles. The number of nitrogens with zero attached hydrogens (tertiary/aromatic N) is 5. The van der Waals surface area contributed by atoms with Crippen LogP contribution < -0.4 is 5.32 Å². The first-order valence-electron chi connectivity index (χ1n) is 8.78. The highest BCUT2D eigenvalue weighted by molar-refractivity contribution is 6.07. The van der Waals surface area contributed by atoms with Crippen LogP contribution in [0.1, 0.15) is 12.8 Å². The van der Waals surface area contributed by atoms with Crippen LogP contribution in [0.3, 0.4) is 0 Å². The first-order valence-corrected chi connectivity index (χ1v) is 8.78. The summed E-state index contributed by atoms with van der Waals surface area (Å²) >= 11 is 0. The van der Waals surface area contributed by atoms with Gasteiger partial charge in [-0.05, 0) is 25.0 Å². The number of para-hydroxylation sites is 2. The second-order valence-electron chi connectivity index (χ2n) is 7.08. The van der Waals surface area contributed by atoms with Crippen LogP contribution in [0.5, 0.6) is 0 Å². The fourth-order valence-corrected chi connectivity index (χ4v) is 3.63. The van der Waals surface area contributed by atoms with Gasteiger partial charge in [-0.25, -0.2) is 9.98 Å². The average molecular weight is 340 g/mol. The number of carbonyl (C=O) groups is 1. The Hall–Kier alpha value is -2.41. The largest absolute Gasteiger partial charge is 0.349 e. The topological polar surface area (TPSA) is 65.8 Å². The van der Waals surface area contributed by atoms with E-state index >= 15 is 0 Å². The number of piperidine rings is 1. The van der Waals surface area contributed by atoms with Gasteiger partial charge in [0.1, 0.15) is 5.54 Å². The summed E-state index contributed by atoms with van der Waals surface area (Å²) in [5.74, 6) is 0.736. The first-order chi connectivity index (χ1) is 12.1. The molecule has 2 aromatic rings. The Morgan fingerprint density at radius 1 is 1.20 bits per heavy atom. The van der Waals surface area contributed by atoms with E-state index in [1.165, 1.54) is 5.52 Å². The van der Waals surface area contributed by atoms with Gasteiger partial charge in [0.05, 0.1) is 17.4 Å². The second-order valence-corrected chi connectivity index (χ2v) is 7.08. The third-order valence-corrected chi connectivity index (χ3v) is 5.26. The van der Waals surface area contributed by atoms with Gasteiger partial charge in [-0.3, -0.25) is 10.1 Å². The van der Waals surface area contributed by atoms with Crippen LogP contribution in [0.25, 0.3) is 11.0 Å². The van der Waals surface area contributed by atoms with E-state index in [2.05, 4.69) is 30.8 Å². The normalized spacial score (nSPS) is 20.1. The quantitative estimate of drug-likeness (QED) is 0.902. The van der Waals surface area contributed by atoms with E-state index < -0.39 is 5.54 Å². The number of hydrogen-bond acceptors (Lipinski definition) is 5. The number of hydrogen-bond donors (Lipinski definition) is 1. The molecule has 0 aliphatic carbocycles. The van der Waals surface area contributed by atoms with Crippen molar-refractivity contribution in [1.29, 1.82) is 0 Å². The minimum absolute atomic E-state index is 0.0523. The SMILES string of the molecule is CN(C)C1=NC2(CCN(CCn3cnc4ccccc43)CC2)C(=O)N1. The fraction of sp³-hybridized carbons (Fsp3) is 0.500. The minimum atomic E-state index is -0.558. The summed E-state index contributed by atoms with van der Waals surface area (Å²) in [7, 11) is 3.81. The van der Waals surface area contributed by atoms with E-state index in [0.717, 1.165) is 44.5 Å². The number of aromatic nitrogens is 2. The van der Waals surface area contributed by atoms with Gasteiger partial charge in [0.2, 0.25) is 5.96 Å². The molecule has 0 atom stereocenters. The summed E-state index contributed by atoms with van der Waals surface area (Å²) in [6.45, 7) is 3.66. The van der Waals surface area contributed by atoms with Crippen LogP contribution in [-0.4, -0.2) is 70.5 Å². The van der Waals surface area contributed by atoms with Gasteiger partial charge >= 0.3 is 0 Å². The Kier molecular flexibility index (Phi) is 3.95. The molecule has 25 heavy (non-hydrogen) atoms. The molecule has 1 N–H and O–H groups in total. The number of imidazole rings is 1. The summed E-state index contributed by atoms with van der Waals surface area (Å²) in [6.07, 6.45) is 3.47. The van der Waals surface area contributed by atoms with Crippen LogP contribution in [0.15, 0.2) is 35.6 Å². The zero-order valence-electron chi connectivity index (χ0n) is 14.8. The van der Waals surface area contributed by atoms with Crippen molar-refractivity contribution >= 4 is 22.9 Å². The molecule has 2 aliphatic rings. The van der Waals surface area contributed by atoms with Crippen molar-refractivity contribution in [2.45, 2.75) is 24.9 Å². The number of carbonyl (C=O) groups excluding carboxylic acids is 1. The van der Waals surface area contributed by atoms with E-state index in [4.69, 9.17) is 0 Å². The van der Waals surface area contributed by atoms with Gasteiger partial charge in [0.25, 0.3) is 5.91 Å². The zero-order chi connectivity index (χ0) is 17.4. The van der Waals surface area contributed by atoms with Gasteiger partial charge in [-0.1, -0.05) is 12.1 Å². The van der Waals surface area contributed by atoms with E-state index in [1.54, 1.807) is 0 Å². The summed E-state index contributed by atoms with van der Waals surface area (Å²) < 4.78 is 2.20. The second kappa shape index (κ2) is 6.15. The number of amides is 1. The zero-order valence-corrected chi connectivity index (χ0v) is 14.8. The van der Waals surface area contributed by atoms with E-state index in [9.17, 15) is 4.79 Å². The van der Waals surface area contributed by atoms with Crippen LogP contribution in [0.2, 0.25) is 0 Å². The van der Waals surface area contributed by atoms with Crippen molar-refractivity contribution in [3.63, 3.8) is 0 Å². The van der Waals surface area contributed by atoms with Crippen molar-refractivity contribution in [2.75, 3.05) is 33.7 Å². The molecule has 1 aromatic carbocycles. The monoisotopic (exact) mass is 340 g/mol. The molecular formula is C18H24N6O. The van der Waals surface area contributed by atoms with Crippen LogP contribution in [0.4, 0.5) is 0 Å². The number of aliphatic imine (C=N–C) groups is 1. The summed E-state index contributed by atoms with van der Waals surface area (Å²) in [5, 5.41) is 2.91. The van der Waals surface area contributed by atoms with E-state index in [-0.39, 0.29) is 5.91 Å². The molecule has 1 amide bonds. The lowest BCUT2D eigenvalue weighted by atomic mass is 9.88. The first kappa shape index (κ1) is 16.1. The molecule has 7 nitrogen and oxygen atoms in total. The predicted octanol–water partition coefficient (Wildman–Crippen LogP) is 0.918. The van der Waals surface area contributed by atoms with Crippen molar-refractivity contribution in [2.24, 2.45) is 4.99 Å². The Labute approximate surface area is 147 Å². The smallest absolute Gasteiger partial charge is 0.254 e. The molecule has 1 spiro atoms. The molecule has 3 heterocycles. The highest BCUT2D eigenvalue weighted by atomic mass is 16.2. The number of fused-ring (bicyclic) bond motifs is 1. The molecule has 1 saturated heterocycles. The lowest BCUT2D eigenvalue weighted by molar-refractivity contribution is -0.125. The number of nitrogens with one attached hydrogen (secondary N) is 1. The summed E-state index contributed by atoms with van der Waals surface area (Å²) in [4.78, 5) is 25.8. The highest BCUT2D eigenvalue weighted by Gasteiger charge is 2.46. The Morgan fingerprint density at radius 2 is 1.96 bits per heavy atom. The maximum atomic E-state index is 12.4. The Balaban J connectivity index is 1.37. The van der Waals surface area contributed by atoms with Crippen LogP contribution in [-0.2, 0) is 11.3 Å². The Bertz CT molecular complexity index is 816. The fourth-order valence-electron chi connectivity index (χ4n) is 3.63. The van der Waals surface area contributed by atoms with Gasteiger partial charge in [0.15, 0.2) is 0 Å². The number of rotatable bonds is 3. The van der Waals surface area contributed by atoms with Crippen molar-refractivity contribution in [1.82, 2.24) is 24.7 Å². The van der Waals surface area contributed by atoms with Crippen molar-refractivity contribution in [3.05, 3.63) is 30.6 Å². The standard InChI is InChI=1S/C18H24N6O/c1-22(2)17-20-16(25)18(21-17)7-9-23(10-8-18)11-12-24-13-19-14-5-3-4-6-15(14)24/h3-6,13H,7-12H2,1-2H3,(H,20,21,25). The minimum Gasteiger partial charge on any atom is -0.349 e. The third kappa shape index (κ3) is 2.89. The van der Waals surface area contributed by atoms with Gasteiger partial charge in [0, 0.05) is 40.3 Å². The average Bonchev–Trinajstić information content (AvgIpc) is 3.17. The maximum absolute atomic E-state index is 12.4. The van der Waals surface area contributed by atoms with Gasteiger partial charge < -0.3 is 14.4 Å². The predicted molar refractivity (Wildman–Crippen MR) is 97.4 cm³/mol. The van der Waals surface area contributed by atoms with Crippen LogP contribution >= 0.6 is 0 Å². The number of likely N-dealkylation sites (tertiary alicyclic amines) is 1. The van der Waals surface area contributed by atoms with Gasteiger partial charge in [-0.2, -0.15) is 0 Å². The van der Waals surface area contributed by atoms with E-state index in [0.29, 0.717) is 5.96 Å². The molecule has 1 aromatic heterocycles. The number of benzene rings is 1. The molecular weight excluding hydrogens is 316 g/mol.